The van der Waals surface area contributed by atoms with Gasteiger partial charge in [-0.1, -0.05) is 6.07 Å². The van der Waals surface area contributed by atoms with Crippen LogP contribution in [-0.2, 0) is 6.54 Å². The monoisotopic (exact) mass is 182 g/mol. The highest BCUT2D eigenvalue weighted by Gasteiger charge is 2.17. The zero-order valence-electron chi connectivity index (χ0n) is 7.33. The van der Waals surface area contributed by atoms with E-state index in [4.69, 9.17) is 0 Å². The fourth-order valence-corrected chi connectivity index (χ4v) is 2.59. The van der Waals surface area contributed by atoms with E-state index < -0.39 is 0 Å². The maximum Gasteiger partial charge on any atom is 0.111 e. The van der Waals surface area contributed by atoms with Gasteiger partial charge < -0.3 is 5.32 Å². The van der Waals surface area contributed by atoms with Gasteiger partial charge in [0.15, 0.2) is 0 Å². The smallest absolute Gasteiger partial charge is 0.111 e. The lowest BCUT2D eigenvalue weighted by atomic mass is 10.2. The van der Waals surface area contributed by atoms with Gasteiger partial charge >= 0.3 is 0 Å². The Morgan fingerprint density at radius 1 is 1.42 bits per heavy atom. The van der Waals surface area contributed by atoms with Crippen LogP contribution in [-0.4, -0.2) is 6.04 Å². The molecule has 1 aromatic heterocycles. The van der Waals surface area contributed by atoms with Gasteiger partial charge in [0.2, 0.25) is 0 Å². The maximum absolute atomic E-state index is 2.51. The van der Waals surface area contributed by atoms with Crippen LogP contribution in [0.1, 0.15) is 30.6 Å². The van der Waals surface area contributed by atoms with E-state index >= 15 is 0 Å². The van der Waals surface area contributed by atoms with Gasteiger partial charge in [-0.25, -0.2) is 0 Å². The molecule has 1 aliphatic rings. The fourth-order valence-electron chi connectivity index (χ4n) is 1.90. The minimum absolute atomic E-state index is 0.923. The van der Waals surface area contributed by atoms with Crippen LogP contribution in [0.15, 0.2) is 17.5 Å². The third-order valence-electron chi connectivity index (χ3n) is 2.63. The van der Waals surface area contributed by atoms with Crippen LogP contribution < -0.4 is 5.32 Å². The highest BCUT2D eigenvalue weighted by molar-refractivity contribution is 7.09. The third kappa shape index (κ3) is 2.08. The van der Waals surface area contributed by atoms with Crippen molar-refractivity contribution in [3.63, 3.8) is 0 Å². The van der Waals surface area contributed by atoms with Crippen molar-refractivity contribution < 1.29 is 5.32 Å². The lowest BCUT2D eigenvalue weighted by molar-refractivity contribution is -0.702. The number of quaternary nitrogens is 1. The Kier molecular flexibility index (Phi) is 2.79. The number of hydrogen-bond donors (Lipinski definition) is 1. The minimum atomic E-state index is 0.923. The van der Waals surface area contributed by atoms with Crippen LogP contribution in [0.25, 0.3) is 0 Å². The molecular weight excluding hydrogens is 166 g/mol. The molecule has 0 saturated heterocycles. The van der Waals surface area contributed by atoms with Crippen LogP contribution in [0.2, 0.25) is 0 Å². The molecule has 12 heavy (non-hydrogen) atoms. The second-order valence-electron chi connectivity index (χ2n) is 3.56. The first-order chi connectivity index (χ1) is 5.95. The van der Waals surface area contributed by atoms with Crippen molar-refractivity contribution in [3.05, 3.63) is 22.4 Å². The zero-order valence-corrected chi connectivity index (χ0v) is 8.15. The summed E-state index contributed by atoms with van der Waals surface area (Å²) in [5, 5.41) is 4.68. The second-order valence-corrected chi connectivity index (χ2v) is 4.60. The Labute approximate surface area is 77.8 Å². The number of nitrogens with two attached hydrogens (primary N) is 1. The van der Waals surface area contributed by atoms with Crippen LogP contribution in [0, 0.1) is 0 Å². The summed E-state index contributed by atoms with van der Waals surface area (Å²) in [7, 11) is 0. The van der Waals surface area contributed by atoms with Crippen LogP contribution in [0.4, 0.5) is 0 Å². The first-order valence-electron chi connectivity index (χ1n) is 4.81. The molecule has 1 nitrogen and oxygen atoms in total. The molecule has 1 fully saturated rings. The van der Waals surface area contributed by atoms with Crippen LogP contribution >= 0.6 is 11.3 Å². The number of hydrogen-bond acceptors (Lipinski definition) is 1. The van der Waals surface area contributed by atoms with E-state index in [1.807, 2.05) is 11.3 Å². The van der Waals surface area contributed by atoms with Gasteiger partial charge in [-0.05, 0) is 37.1 Å². The Balaban J connectivity index is 1.74. The predicted molar refractivity (Wildman–Crippen MR) is 52.2 cm³/mol. The van der Waals surface area contributed by atoms with E-state index in [2.05, 4.69) is 22.8 Å². The topological polar surface area (TPSA) is 16.6 Å². The molecule has 0 amide bonds. The summed E-state index contributed by atoms with van der Waals surface area (Å²) in [6.07, 6.45) is 5.77. The van der Waals surface area contributed by atoms with Gasteiger partial charge in [-0.15, -0.1) is 11.3 Å². The van der Waals surface area contributed by atoms with Crippen molar-refractivity contribution in [1.82, 2.24) is 0 Å². The molecule has 0 atom stereocenters. The van der Waals surface area contributed by atoms with Crippen molar-refractivity contribution in [1.29, 1.82) is 0 Å². The highest BCUT2D eigenvalue weighted by atomic mass is 32.1. The first kappa shape index (κ1) is 8.27. The molecule has 1 heterocycles. The molecular formula is C10H16NS+. The summed E-state index contributed by atoms with van der Waals surface area (Å²) in [5.41, 5.74) is 0. The van der Waals surface area contributed by atoms with Gasteiger partial charge in [0.1, 0.15) is 6.54 Å². The van der Waals surface area contributed by atoms with Crippen molar-refractivity contribution in [2.24, 2.45) is 0 Å². The molecule has 0 radical (unpaired) electrons. The maximum atomic E-state index is 2.51. The molecule has 2 heteroatoms. The quantitative estimate of drug-likeness (QED) is 0.733. The van der Waals surface area contributed by atoms with Gasteiger partial charge in [-0.2, -0.15) is 0 Å². The van der Waals surface area contributed by atoms with Crippen molar-refractivity contribution in [2.45, 2.75) is 38.3 Å². The van der Waals surface area contributed by atoms with E-state index in [0.717, 1.165) is 6.04 Å². The molecule has 0 aliphatic heterocycles. The summed E-state index contributed by atoms with van der Waals surface area (Å²) in [4.78, 5) is 1.52. The van der Waals surface area contributed by atoms with Gasteiger partial charge in [0.05, 0.1) is 10.9 Å². The standard InChI is InChI=1S/C10H15NS/c1-2-5-9(4-1)11-8-10-6-3-7-12-10/h3,6-7,9,11H,1-2,4-5,8H2/p+1. The van der Waals surface area contributed by atoms with E-state index in [1.165, 1.54) is 37.1 Å². The molecule has 0 spiro atoms. The molecule has 2 N–H and O–H groups in total. The van der Waals surface area contributed by atoms with E-state index in [-0.39, 0.29) is 0 Å². The Morgan fingerprint density at radius 3 is 2.92 bits per heavy atom. The molecule has 1 saturated carbocycles. The molecule has 2 rings (SSSR count). The molecule has 0 unspecified atom stereocenters. The summed E-state index contributed by atoms with van der Waals surface area (Å²) >= 11 is 1.88. The van der Waals surface area contributed by atoms with Crippen molar-refractivity contribution in [2.75, 3.05) is 0 Å². The van der Waals surface area contributed by atoms with E-state index in [9.17, 15) is 0 Å². The largest absolute Gasteiger partial charge is 0.339 e. The zero-order chi connectivity index (χ0) is 8.23. The lowest BCUT2D eigenvalue weighted by Crippen LogP contribution is -2.87. The summed E-state index contributed by atoms with van der Waals surface area (Å²) in [5.74, 6) is 0. The normalized spacial score (nSPS) is 18.7. The Bertz CT molecular complexity index is 212. The second kappa shape index (κ2) is 4.06. The van der Waals surface area contributed by atoms with Gasteiger partial charge in [-0.3, -0.25) is 0 Å². The fraction of sp³-hybridized carbons (Fsp3) is 0.600. The van der Waals surface area contributed by atoms with Gasteiger partial charge in [0.25, 0.3) is 0 Å². The molecule has 66 valence electrons. The van der Waals surface area contributed by atoms with Crippen molar-refractivity contribution in [3.8, 4) is 0 Å². The van der Waals surface area contributed by atoms with E-state index in [1.54, 1.807) is 0 Å². The molecule has 1 aromatic rings. The van der Waals surface area contributed by atoms with E-state index in [0.29, 0.717) is 0 Å². The van der Waals surface area contributed by atoms with Crippen LogP contribution in [0.3, 0.4) is 0 Å². The molecule has 0 aromatic carbocycles. The van der Waals surface area contributed by atoms with Gasteiger partial charge in [0, 0.05) is 0 Å². The van der Waals surface area contributed by atoms with Crippen LogP contribution in [0.5, 0.6) is 0 Å². The summed E-state index contributed by atoms with van der Waals surface area (Å²) in [6.45, 7) is 1.20. The molecule has 1 aliphatic carbocycles. The third-order valence-corrected chi connectivity index (χ3v) is 3.53. The minimum Gasteiger partial charge on any atom is -0.339 e. The summed E-state index contributed by atoms with van der Waals surface area (Å²) < 4.78 is 0. The lowest BCUT2D eigenvalue weighted by Gasteiger charge is -2.06. The Hall–Kier alpha value is -0.340. The average molecular weight is 182 g/mol. The highest BCUT2D eigenvalue weighted by Crippen LogP contribution is 2.15. The predicted octanol–water partition coefficient (Wildman–Crippen LogP) is 1.75. The molecule has 0 bridgehead atoms. The first-order valence-corrected chi connectivity index (χ1v) is 5.69. The Morgan fingerprint density at radius 2 is 2.25 bits per heavy atom. The number of thiophene rings is 1. The average Bonchev–Trinajstić information content (AvgIpc) is 2.74. The summed E-state index contributed by atoms with van der Waals surface area (Å²) in [6, 6.07) is 5.30. The van der Waals surface area contributed by atoms with Crippen molar-refractivity contribution >= 4 is 11.3 Å². The SMILES string of the molecule is c1csc(C[NH2+]C2CCCC2)c1. The number of rotatable bonds is 3.